The summed E-state index contributed by atoms with van der Waals surface area (Å²) in [4.78, 5) is 23.3. The Balaban J connectivity index is 3.29. The van der Waals surface area contributed by atoms with Crippen molar-refractivity contribution in [2.45, 2.75) is 77.8 Å². The molecule has 0 fully saturated rings. The van der Waals surface area contributed by atoms with E-state index in [0.29, 0.717) is 0 Å². The third kappa shape index (κ3) is 7.16. The molecule has 0 spiro atoms. The zero-order valence-corrected chi connectivity index (χ0v) is 21.4. The van der Waals surface area contributed by atoms with Gasteiger partial charge in [-0.15, -0.1) is 0 Å². The summed E-state index contributed by atoms with van der Waals surface area (Å²) in [5, 5.41) is 0. The number of rotatable bonds is 8. The highest BCUT2D eigenvalue weighted by Gasteiger charge is 2.39. The van der Waals surface area contributed by atoms with Crippen LogP contribution in [0.1, 0.15) is 66.5 Å². The number of benzene rings is 1. The second-order valence-electron chi connectivity index (χ2n) is 8.83. The lowest BCUT2D eigenvalue weighted by molar-refractivity contribution is -0.405. The van der Waals surface area contributed by atoms with Crippen LogP contribution in [0.5, 0.6) is 0 Å². The molecule has 1 aromatic carbocycles. The van der Waals surface area contributed by atoms with E-state index in [-0.39, 0.29) is 11.2 Å². The standard InChI is InChI=1S/C20H32I2O4/c1-17(2,3)23-25-19(7,13-21)15-11-9-10-12-16(15)20(8,14-22)26-24-18(4,5)6/h9-12H,13-14H2,1-8H3. The molecule has 0 radical (unpaired) electrons. The molecule has 0 amide bonds. The van der Waals surface area contributed by atoms with Gasteiger partial charge < -0.3 is 0 Å². The predicted molar refractivity (Wildman–Crippen MR) is 123 cm³/mol. The van der Waals surface area contributed by atoms with E-state index in [4.69, 9.17) is 19.6 Å². The first-order chi connectivity index (χ1) is 11.8. The van der Waals surface area contributed by atoms with Crippen molar-refractivity contribution in [3.63, 3.8) is 0 Å². The van der Waals surface area contributed by atoms with Crippen molar-refractivity contribution < 1.29 is 19.6 Å². The Kier molecular flexibility index (Phi) is 8.83. The minimum Gasteiger partial charge on any atom is -0.230 e. The van der Waals surface area contributed by atoms with E-state index in [1.54, 1.807) is 0 Å². The Morgan fingerprint density at radius 3 is 1.15 bits per heavy atom. The third-order valence-corrected chi connectivity index (χ3v) is 6.44. The van der Waals surface area contributed by atoms with Crippen LogP contribution in [-0.2, 0) is 30.8 Å². The molecule has 2 atom stereocenters. The van der Waals surface area contributed by atoms with Gasteiger partial charge in [-0.05, 0) is 66.5 Å². The Bertz CT molecular complexity index is 529. The van der Waals surface area contributed by atoms with Crippen molar-refractivity contribution in [1.29, 1.82) is 0 Å². The van der Waals surface area contributed by atoms with Crippen LogP contribution in [0.25, 0.3) is 0 Å². The molecule has 2 unspecified atom stereocenters. The molecule has 6 heteroatoms. The monoisotopic (exact) mass is 590 g/mol. The number of halogens is 2. The quantitative estimate of drug-likeness (QED) is 0.150. The molecule has 4 nitrogen and oxygen atoms in total. The molecule has 0 aliphatic heterocycles. The maximum Gasteiger partial charge on any atom is 0.135 e. The Hall–Kier alpha value is 0.520. The molecule has 0 heterocycles. The maximum absolute atomic E-state index is 5.95. The van der Waals surface area contributed by atoms with Gasteiger partial charge in [-0.1, -0.05) is 69.4 Å². The zero-order valence-electron chi connectivity index (χ0n) is 17.1. The van der Waals surface area contributed by atoms with Crippen LogP contribution in [0.2, 0.25) is 0 Å². The first-order valence-corrected chi connectivity index (χ1v) is 11.8. The highest BCUT2D eigenvalue weighted by Crippen LogP contribution is 2.39. The van der Waals surface area contributed by atoms with Crippen molar-refractivity contribution in [2.75, 3.05) is 8.86 Å². The van der Waals surface area contributed by atoms with E-state index in [0.717, 1.165) is 20.0 Å². The molecular weight excluding hydrogens is 558 g/mol. The maximum atomic E-state index is 5.95. The van der Waals surface area contributed by atoms with Gasteiger partial charge in [0.15, 0.2) is 0 Å². The molecule has 1 rings (SSSR count). The molecule has 0 N–H and O–H groups in total. The van der Waals surface area contributed by atoms with Crippen molar-refractivity contribution in [3.8, 4) is 0 Å². The fourth-order valence-corrected chi connectivity index (χ4v) is 3.19. The molecule has 0 saturated carbocycles. The van der Waals surface area contributed by atoms with Crippen LogP contribution in [-0.4, -0.2) is 20.1 Å². The normalized spacial score (nSPS) is 17.6. The lowest BCUT2D eigenvalue weighted by Crippen LogP contribution is -2.38. The first kappa shape index (κ1) is 24.6. The molecule has 0 aliphatic carbocycles. The molecule has 0 bridgehead atoms. The molecule has 0 aromatic heterocycles. The summed E-state index contributed by atoms with van der Waals surface area (Å²) in [5.41, 5.74) is 0.0807. The van der Waals surface area contributed by atoms with Gasteiger partial charge in [0, 0.05) is 8.86 Å². The van der Waals surface area contributed by atoms with E-state index >= 15 is 0 Å². The molecule has 0 aliphatic rings. The van der Waals surface area contributed by atoms with Gasteiger partial charge in [-0.2, -0.15) is 0 Å². The highest BCUT2D eigenvalue weighted by molar-refractivity contribution is 14.1. The van der Waals surface area contributed by atoms with Gasteiger partial charge in [0.05, 0.1) is 11.2 Å². The number of hydrogen-bond acceptors (Lipinski definition) is 4. The van der Waals surface area contributed by atoms with Gasteiger partial charge >= 0.3 is 0 Å². The van der Waals surface area contributed by atoms with E-state index in [9.17, 15) is 0 Å². The van der Waals surface area contributed by atoms with Crippen molar-refractivity contribution in [1.82, 2.24) is 0 Å². The molecule has 1 aromatic rings. The van der Waals surface area contributed by atoms with E-state index in [2.05, 4.69) is 57.3 Å². The smallest absolute Gasteiger partial charge is 0.135 e. The summed E-state index contributed by atoms with van der Waals surface area (Å²) >= 11 is 4.67. The van der Waals surface area contributed by atoms with Crippen LogP contribution in [0.15, 0.2) is 24.3 Å². The summed E-state index contributed by atoms with van der Waals surface area (Å²) in [5.74, 6) is 0. The summed E-state index contributed by atoms with van der Waals surface area (Å²) in [6.45, 7) is 15.9. The first-order valence-electron chi connectivity index (χ1n) is 8.72. The minimum atomic E-state index is -0.609. The predicted octanol–water partition coefficient (Wildman–Crippen LogP) is 6.48. The van der Waals surface area contributed by atoms with Crippen LogP contribution in [0.4, 0.5) is 0 Å². The van der Waals surface area contributed by atoms with E-state index in [1.807, 2.05) is 67.5 Å². The van der Waals surface area contributed by atoms with Crippen LogP contribution in [0, 0.1) is 0 Å². The molecule has 26 heavy (non-hydrogen) atoms. The highest BCUT2D eigenvalue weighted by atomic mass is 127. The molecule has 150 valence electrons. The average molecular weight is 590 g/mol. The molecule has 0 saturated heterocycles. The van der Waals surface area contributed by atoms with Crippen LogP contribution >= 0.6 is 45.2 Å². The summed E-state index contributed by atoms with van der Waals surface area (Å²) in [7, 11) is 0. The fraction of sp³-hybridized carbons (Fsp3) is 0.700. The number of alkyl halides is 2. The topological polar surface area (TPSA) is 36.9 Å². The number of hydrogen-bond donors (Lipinski definition) is 0. The van der Waals surface area contributed by atoms with Crippen molar-refractivity contribution in [3.05, 3.63) is 35.4 Å². The Morgan fingerprint density at radius 2 is 0.923 bits per heavy atom. The average Bonchev–Trinajstić information content (AvgIpc) is 2.56. The second kappa shape index (κ2) is 9.35. The largest absolute Gasteiger partial charge is 0.230 e. The lowest BCUT2D eigenvalue weighted by Gasteiger charge is -2.37. The third-order valence-electron chi connectivity index (χ3n) is 3.53. The fourth-order valence-electron chi connectivity index (χ4n) is 2.12. The van der Waals surface area contributed by atoms with Crippen molar-refractivity contribution in [2.24, 2.45) is 0 Å². The second-order valence-corrected chi connectivity index (χ2v) is 10.4. The van der Waals surface area contributed by atoms with Gasteiger partial charge in [0.1, 0.15) is 11.2 Å². The van der Waals surface area contributed by atoms with Gasteiger partial charge in [-0.3, -0.25) is 0 Å². The summed E-state index contributed by atoms with van der Waals surface area (Å²) in [6, 6.07) is 8.18. The van der Waals surface area contributed by atoms with Gasteiger partial charge in [-0.25, -0.2) is 19.6 Å². The van der Waals surface area contributed by atoms with Crippen LogP contribution < -0.4 is 0 Å². The summed E-state index contributed by atoms with van der Waals surface area (Å²) in [6.07, 6.45) is 0. The zero-order chi connectivity index (χ0) is 20.2. The molecular formula is C20H32I2O4. The van der Waals surface area contributed by atoms with E-state index < -0.39 is 11.2 Å². The van der Waals surface area contributed by atoms with E-state index in [1.165, 1.54) is 0 Å². The minimum absolute atomic E-state index is 0.388. The summed E-state index contributed by atoms with van der Waals surface area (Å²) < 4.78 is 1.46. The Labute approximate surface area is 185 Å². The lowest BCUT2D eigenvalue weighted by atomic mass is 9.85. The van der Waals surface area contributed by atoms with Crippen LogP contribution in [0.3, 0.4) is 0 Å². The SMILES string of the molecule is CC(C)(C)OOC(C)(CI)c1ccccc1C(C)(CI)OOC(C)(C)C. The van der Waals surface area contributed by atoms with Crippen molar-refractivity contribution >= 4 is 45.2 Å². The van der Waals surface area contributed by atoms with Gasteiger partial charge in [0.2, 0.25) is 0 Å². The van der Waals surface area contributed by atoms with Gasteiger partial charge in [0.25, 0.3) is 0 Å². The Morgan fingerprint density at radius 1 is 0.615 bits per heavy atom.